The highest BCUT2D eigenvalue weighted by Crippen LogP contribution is 2.20. The van der Waals surface area contributed by atoms with Gasteiger partial charge in [0.25, 0.3) is 0 Å². The monoisotopic (exact) mass is 370 g/mol. The van der Waals surface area contributed by atoms with Crippen molar-refractivity contribution in [1.29, 1.82) is 0 Å². The fourth-order valence-corrected chi connectivity index (χ4v) is 3.91. The number of nitrogens with zero attached hydrogens (tertiary/aromatic N) is 2. The summed E-state index contributed by atoms with van der Waals surface area (Å²) in [4.78, 5) is 22.4. The minimum Gasteiger partial charge on any atom is -0.379 e. The summed E-state index contributed by atoms with van der Waals surface area (Å²) in [5.74, 6) is 0.00236. The number of hydrogen-bond donors (Lipinski definition) is 2. The van der Waals surface area contributed by atoms with Gasteiger partial charge in [0, 0.05) is 48.5 Å². The van der Waals surface area contributed by atoms with Gasteiger partial charge in [-0.1, -0.05) is 18.2 Å². The molecule has 4 rings (SSSR count). The van der Waals surface area contributed by atoms with Crippen molar-refractivity contribution in [3.63, 3.8) is 0 Å². The van der Waals surface area contributed by atoms with Crippen LogP contribution in [0.5, 0.6) is 0 Å². The van der Waals surface area contributed by atoms with Crippen LogP contribution in [-0.4, -0.2) is 47.1 Å². The van der Waals surface area contributed by atoms with Crippen molar-refractivity contribution in [2.45, 2.75) is 19.4 Å². The number of aryl methyl sites for hydroxylation is 1. The highest BCUT2D eigenvalue weighted by molar-refractivity contribution is 7.13. The summed E-state index contributed by atoms with van der Waals surface area (Å²) in [6.45, 7) is 4.24. The molecule has 0 radical (unpaired) electrons. The zero-order chi connectivity index (χ0) is 17.8. The molecule has 1 aliphatic heterocycles. The van der Waals surface area contributed by atoms with Gasteiger partial charge < -0.3 is 15.0 Å². The first-order chi connectivity index (χ1) is 12.8. The number of amides is 1. The Kier molecular flexibility index (Phi) is 5.29. The molecule has 1 aliphatic rings. The lowest BCUT2D eigenvalue weighted by Gasteiger charge is -2.25. The molecule has 136 valence electrons. The quantitative estimate of drug-likeness (QED) is 0.700. The number of thiazole rings is 1. The number of carbonyl (C=O) groups is 1. The van der Waals surface area contributed by atoms with Gasteiger partial charge in [-0.2, -0.15) is 0 Å². The number of ether oxygens (including phenoxy) is 1. The number of para-hydroxylation sites is 1. The summed E-state index contributed by atoms with van der Waals surface area (Å²) in [6.07, 6.45) is 3.14. The molecule has 6 nitrogen and oxygen atoms in total. The van der Waals surface area contributed by atoms with Gasteiger partial charge in [0.05, 0.1) is 18.9 Å². The number of benzene rings is 1. The molecule has 0 unspecified atom stereocenters. The Hall–Kier alpha value is -2.22. The van der Waals surface area contributed by atoms with E-state index in [0.29, 0.717) is 18.0 Å². The Labute approximate surface area is 156 Å². The lowest BCUT2D eigenvalue weighted by atomic mass is 10.1. The maximum Gasteiger partial charge on any atom is 0.226 e. The first-order valence-corrected chi connectivity index (χ1v) is 9.75. The van der Waals surface area contributed by atoms with Crippen molar-refractivity contribution in [1.82, 2.24) is 14.9 Å². The van der Waals surface area contributed by atoms with Crippen LogP contribution in [0.15, 0.2) is 35.8 Å². The van der Waals surface area contributed by atoms with E-state index >= 15 is 0 Å². The van der Waals surface area contributed by atoms with E-state index in [1.165, 1.54) is 22.3 Å². The van der Waals surface area contributed by atoms with Crippen LogP contribution in [0, 0.1) is 0 Å². The molecule has 0 atom stereocenters. The summed E-state index contributed by atoms with van der Waals surface area (Å²) in [5.41, 5.74) is 3.28. The largest absolute Gasteiger partial charge is 0.379 e. The van der Waals surface area contributed by atoms with E-state index < -0.39 is 0 Å². The summed E-state index contributed by atoms with van der Waals surface area (Å²) in [7, 11) is 0. The van der Waals surface area contributed by atoms with Gasteiger partial charge >= 0.3 is 0 Å². The van der Waals surface area contributed by atoms with Gasteiger partial charge in [0.15, 0.2) is 5.13 Å². The van der Waals surface area contributed by atoms with Crippen molar-refractivity contribution in [2.24, 2.45) is 0 Å². The van der Waals surface area contributed by atoms with Gasteiger partial charge in [-0.3, -0.25) is 9.69 Å². The molecule has 7 heteroatoms. The third-order valence-electron chi connectivity index (χ3n) is 4.58. The lowest BCUT2D eigenvalue weighted by molar-refractivity contribution is -0.116. The van der Waals surface area contributed by atoms with E-state index in [1.54, 1.807) is 0 Å². The Bertz CT molecular complexity index is 882. The number of H-pyrrole nitrogens is 1. The summed E-state index contributed by atoms with van der Waals surface area (Å²) in [6, 6.07) is 8.15. The second-order valence-electron chi connectivity index (χ2n) is 6.44. The Morgan fingerprint density at radius 1 is 1.31 bits per heavy atom. The summed E-state index contributed by atoms with van der Waals surface area (Å²) >= 11 is 1.49. The van der Waals surface area contributed by atoms with Crippen molar-refractivity contribution in [3.8, 4) is 0 Å². The van der Waals surface area contributed by atoms with Gasteiger partial charge in [-0.25, -0.2) is 4.98 Å². The predicted molar refractivity (Wildman–Crippen MR) is 103 cm³/mol. The molecule has 0 bridgehead atoms. The average molecular weight is 370 g/mol. The number of anilines is 1. The van der Waals surface area contributed by atoms with Crippen LogP contribution >= 0.6 is 11.3 Å². The van der Waals surface area contributed by atoms with Crippen molar-refractivity contribution in [2.75, 3.05) is 31.6 Å². The molecule has 2 N–H and O–H groups in total. The highest BCUT2D eigenvalue weighted by Gasteiger charge is 2.14. The Morgan fingerprint density at radius 2 is 2.15 bits per heavy atom. The number of hydrogen-bond acceptors (Lipinski definition) is 5. The van der Waals surface area contributed by atoms with Gasteiger partial charge in [-0.15, -0.1) is 11.3 Å². The van der Waals surface area contributed by atoms with Crippen molar-refractivity contribution < 1.29 is 9.53 Å². The van der Waals surface area contributed by atoms with E-state index in [4.69, 9.17) is 4.74 Å². The maximum atomic E-state index is 12.3. The number of fused-ring (bicyclic) bond motifs is 1. The molecule has 26 heavy (non-hydrogen) atoms. The maximum absolute atomic E-state index is 12.3. The average Bonchev–Trinajstić information content (AvgIpc) is 3.28. The summed E-state index contributed by atoms with van der Waals surface area (Å²) in [5, 5.41) is 6.80. The van der Waals surface area contributed by atoms with E-state index in [2.05, 4.69) is 26.3 Å². The molecule has 1 fully saturated rings. The third-order valence-corrected chi connectivity index (χ3v) is 5.39. The lowest BCUT2D eigenvalue weighted by Crippen LogP contribution is -2.35. The number of aromatic amines is 1. The third kappa shape index (κ3) is 4.12. The predicted octanol–water partition coefficient (Wildman–Crippen LogP) is 3.03. The van der Waals surface area contributed by atoms with Crippen molar-refractivity contribution in [3.05, 3.63) is 47.1 Å². The number of nitrogens with one attached hydrogen (secondary N) is 2. The number of carbonyl (C=O) groups excluding carboxylic acids is 1. The van der Waals surface area contributed by atoms with E-state index in [-0.39, 0.29) is 5.91 Å². The van der Waals surface area contributed by atoms with Gasteiger partial charge in [-0.05, 0) is 18.1 Å². The van der Waals surface area contributed by atoms with Crippen LogP contribution in [0.4, 0.5) is 5.13 Å². The van der Waals surface area contributed by atoms with Crippen LogP contribution in [0.3, 0.4) is 0 Å². The van der Waals surface area contributed by atoms with Crippen LogP contribution in [0.25, 0.3) is 10.9 Å². The number of aromatic nitrogens is 2. The molecule has 1 amide bonds. The smallest absolute Gasteiger partial charge is 0.226 e. The van der Waals surface area contributed by atoms with Crippen LogP contribution in [-0.2, 0) is 22.5 Å². The number of morpholine rings is 1. The summed E-state index contributed by atoms with van der Waals surface area (Å²) < 4.78 is 5.36. The SMILES string of the molecule is O=C(CCc1c[nH]c2ccccc12)Nc1nc(CN2CCOCC2)cs1. The second kappa shape index (κ2) is 7.99. The van der Waals surface area contributed by atoms with E-state index in [9.17, 15) is 4.79 Å². The minimum absolute atomic E-state index is 0.00236. The zero-order valence-electron chi connectivity index (χ0n) is 14.5. The van der Waals surface area contributed by atoms with Crippen LogP contribution < -0.4 is 5.32 Å². The number of rotatable bonds is 6. The topological polar surface area (TPSA) is 70.2 Å². The van der Waals surface area contributed by atoms with E-state index in [1.807, 2.05) is 29.8 Å². The molecular weight excluding hydrogens is 348 g/mol. The zero-order valence-corrected chi connectivity index (χ0v) is 15.3. The Morgan fingerprint density at radius 3 is 3.04 bits per heavy atom. The van der Waals surface area contributed by atoms with Crippen LogP contribution in [0.2, 0.25) is 0 Å². The standard InChI is InChI=1S/C19H22N4O2S/c24-18(6-5-14-11-20-17-4-2-1-3-16(14)17)22-19-21-15(13-26-19)12-23-7-9-25-10-8-23/h1-4,11,13,20H,5-10,12H2,(H,21,22,24). The molecule has 3 aromatic rings. The fourth-order valence-electron chi connectivity index (χ4n) is 3.19. The van der Waals surface area contributed by atoms with Crippen LogP contribution in [0.1, 0.15) is 17.7 Å². The van der Waals surface area contributed by atoms with Crippen molar-refractivity contribution >= 4 is 33.3 Å². The minimum atomic E-state index is 0.00236. The fraction of sp³-hybridized carbons (Fsp3) is 0.368. The highest BCUT2D eigenvalue weighted by atomic mass is 32.1. The molecule has 2 aromatic heterocycles. The van der Waals surface area contributed by atoms with Gasteiger partial charge in [0.1, 0.15) is 0 Å². The Balaban J connectivity index is 1.29. The molecule has 0 spiro atoms. The second-order valence-corrected chi connectivity index (χ2v) is 7.30. The molecule has 1 aromatic carbocycles. The molecule has 0 aliphatic carbocycles. The normalized spacial score (nSPS) is 15.4. The first-order valence-electron chi connectivity index (χ1n) is 8.87. The molecule has 3 heterocycles. The molecule has 0 saturated carbocycles. The molecular formula is C19H22N4O2S. The first kappa shape index (κ1) is 17.2. The van der Waals surface area contributed by atoms with Gasteiger partial charge in [0.2, 0.25) is 5.91 Å². The molecule has 1 saturated heterocycles. The van der Waals surface area contributed by atoms with E-state index in [0.717, 1.165) is 44.1 Å².